The summed E-state index contributed by atoms with van der Waals surface area (Å²) in [6.07, 6.45) is 0.893. The number of hydrogen-bond donors (Lipinski definition) is 2. The summed E-state index contributed by atoms with van der Waals surface area (Å²) in [4.78, 5) is 25.6. The van der Waals surface area contributed by atoms with Crippen molar-refractivity contribution in [1.82, 2.24) is 0 Å². The van der Waals surface area contributed by atoms with Gasteiger partial charge in [-0.25, -0.2) is 4.39 Å². The van der Waals surface area contributed by atoms with E-state index in [0.29, 0.717) is 16.7 Å². The van der Waals surface area contributed by atoms with E-state index in [-0.39, 0.29) is 17.0 Å². The molecule has 0 fully saturated rings. The molecule has 0 bridgehead atoms. The quantitative estimate of drug-likeness (QED) is 0.454. The van der Waals surface area contributed by atoms with E-state index < -0.39 is 17.6 Å². The van der Waals surface area contributed by atoms with Crippen LogP contribution in [0.3, 0.4) is 0 Å². The fraction of sp³-hybridized carbons (Fsp3) is 0.0833. The number of fused-ring (bicyclic) bond motifs is 1. The number of para-hydroxylation sites is 1. The van der Waals surface area contributed by atoms with Gasteiger partial charge in [0.25, 0.3) is 11.8 Å². The van der Waals surface area contributed by atoms with E-state index in [0.717, 1.165) is 12.0 Å². The van der Waals surface area contributed by atoms with E-state index in [9.17, 15) is 14.0 Å². The van der Waals surface area contributed by atoms with Gasteiger partial charge in [-0.1, -0.05) is 43.3 Å². The molecule has 150 valence electrons. The van der Waals surface area contributed by atoms with Gasteiger partial charge in [0.05, 0.1) is 5.56 Å². The third-order valence-electron chi connectivity index (χ3n) is 4.78. The molecule has 0 saturated heterocycles. The molecule has 1 aromatic heterocycles. The molecule has 4 rings (SSSR count). The molecule has 0 atom stereocenters. The van der Waals surface area contributed by atoms with Gasteiger partial charge in [0.2, 0.25) is 5.76 Å². The second-order valence-corrected chi connectivity index (χ2v) is 6.74. The summed E-state index contributed by atoms with van der Waals surface area (Å²) in [6.45, 7) is 2.05. The summed E-state index contributed by atoms with van der Waals surface area (Å²) in [6, 6.07) is 20.1. The third kappa shape index (κ3) is 3.80. The Kier molecular flexibility index (Phi) is 5.30. The first kappa shape index (κ1) is 19.4. The van der Waals surface area contributed by atoms with Gasteiger partial charge in [-0.2, -0.15) is 0 Å². The molecule has 1 heterocycles. The average molecular weight is 402 g/mol. The zero-order chi connectivity index (χ0) is 21.1. The number of nitrogens with one attached hydrogen (secondary N) is 2. The minimum absolute atomic E-state index is 0.0551. The number of carbonyl (C=O) groups is 2. The Balaban J connectivity index is 1.68. The minimum Gasteiger partial charge on any atom is -0.449 e. The monoisotopic (exact) mass is 402 g/mol. The van der Waals surface area contributed by atoms with E-state index in [1.807, 2.05) is 19.1 Å². The van der Waals surface area contributed by atoms with E-state index in [2.05, 4.69) is 10.6 Å². The highest BCUT2D eigenvalue weighted by Gasteiger charge is 2.23. The van der Waals surface area contributed by atoms with Crippen molar-refractivity contribution < 1.29 is 18.4 Å². The lowest BCUT2D eigenvalue weighted by atomic mass is 10.1. The van der Waals surface area contributed by atoms with Crippen LogP contribution in [-0.2, 0) is 6.42 Å². The van der Waals surface area contributed by atoms with Crippen LogP contribution in [0.5, 0.6) is 0 Å². The number of amides is 2. The van der Waals surface area contributed by atoms with Crippen molar-refractivity contribution in [3.8, 4) is 0 Å². The lowest BCUT2D eigenvalue weighted by molar-refractivity contribution is 0.0999. The highest BCUT2D eigenvalue weighted by molar-refractivity contribution is 6.16. The van der Waals surface area contributed by atoms with Gasteiger partial charge in [-0.05, 0) is 48.4 Å². The summed E-state index contributed by atoms with van der Waals surface area (Å²) in [5.41, 5.74) is 2.26. The smallest absolute Gasteiger partial charge is 0.293 e. The SMILES string of the molecule is CCc1ccc(NC(=O)c2oc3ccccc3c2NC(=O)c2ccccc2F)cc1. The molecule has 5 nitrogen and oxygen atoms in total. The van der Waals surface area contributed by atoms with Crippen LogP contribution in [0.1, 0.15) is 33.4 Å². The van der Waals surface area contributed by atoms with Crippen molar-refractivity contribution in [3.05, 3.63) is 95.5 Å². The maximum atomic E-state index is 14.0. The molecule has 30 heavy (non-hydrogen) atoms. The zero-order valence-corrected chi connectivity index (χ0v) is 16.2. The standard InChI is InChI=1S/C24H19FN2O3/c1-2-15-11-13-16(14-12-15)26-24(29)22-21(18-8-4-6-10-20(18)30-22)27-23(28)17-7-3-5-9-19(17)25/h3-14H,2H2,1H3,(H,26,29)(H,27,28). The molecule has 4 aromatic rings. The number of benzene rings is 3. The minimum atomic E-state index is -0.666. The predicted molar refractivity (Wildman–Crippen MR) is 114 cm³/mol. The molecule has 0 radical (unpaired) electrons. The molecule has 2 N–H and O–H groups in total. The molecule has 0 spiro atoms. The molecule has 0 unspecified atom stereocenters. The highest BCUT2D eigenvalue weighted by atomic mass is 19.1. The number of carbonyl (C=O) groups excluding carboxylic acids is 2. The normalized spacial score (nSPS) is 10.7. The van der Waals surface area contributed by atoms with Gasteiger partial charge in [-0.15, -0.1) is 0 Å². The third-order valence-corrected chi connectivity index (χ3v) is 4.78. The predicted octanol–water partition coefficient (Wildman–Crippen LogP) is 5.64. The van der Waals surface area contributed by atoms with Crippen LogP contribution in [0, 0.1) is 5.82 Å². The Morgan fingerprint density at radius 1 is 0.867 bits per heavy atom. The highest BCUT2D eigenvalue weighted by Crippen LogP contribution is 2.32. The first-order valence-corrected chi connectivity index (χ1v) is 9.54. The molecule has 0 aliphatic rings. The van der Waals surface area contributed by atoms with Gasteiger partial charge in [0.1, 0.15) is 17.1 Å². The Labute approximate surface area is 172 Å². The lowest BCUT2D eigenvalue weighted by Gasteiger charge is -2.08. The van der Waals surface area contributed by atoms with Gasteiger partial charge in [0.15, 0.2) is 0 Å². The number of rotatable bonds is 5. The molecule has 3 aromatic carbocycles. The van der Waals surface area contributed by atoms with Crippen molar-refractivity contribution in [2.24, 2.45) is 0 Å². The number of furan rings is 1. The maximum absolute atomic E-state index is 14.0. The van der Waals surface area contributed by atoms with Crippen molar-refractivity contribution in [3.63, 3.8) is 0 Å². The van der Waals surface area contributed by atoms with Crippen molar-refractivity contribution in [1.29, 1.82) is 0 Å². The lowest BCUT2D eigenvalue weighted by Crippen LogP contribution is -2.18. The number of aryl methyl sites for hydroxylation is 1. The van der Waals surface area contributed by atoms with Crippen LogP contribution in [0.2, 0.25) is 0 Å². The maximum Gasteiger partial charge on any atom is 0.293 e. The van der Waals surface area contributed by atoms with Crippen molar-refractivity contribution >= 4 is 34.2 Å². The summed E-state index contributed by atoms with van der Waals surface area (Å²) in [5.74, 6) is -1.88. The van der Waals surface area contributed by atoms with Gasteiger partial charge >= 0.3 is 0 Å². The molecular weight excluding hydrogens is 383 g/mol. The van der Waals surface area contributed by atoms with E-state index in [4.69, 9.17) is 4.42 Å². The molecule has 0 aliphatic heterocycles. The second kappa shape index (κ2) is 8.21. The molecule has 0 saturated carbocycles. The van der Waals surface area contributed by atoms with E-state index >= 15 is 0 Å². The average Bonchev–Trinajstić information content (AvgIpc) is 3.13. The van der Waals surface area contributed by atoms with Crippen LogP contribution < -0.4 is 10.6 Å². The molecule has 0 aliphatic carbocycles. The summed E-state index contributed by atoms with van der Waals surface area (Å²) in [5, 5.41) is 5.97. The van der Waals surface area contributed by atoms with E-state index in [1.54, 1.807) is 42.5 Å². The number of halogens is 1. The molecule has 6 heteroatoms. The van der Waals surface area contributed by atoms with Crippen LogP contribution in [0.15, 0.2) is 77.2 Å². The first-order valence-electron chi connectivity index (χ1n) is 9.54. The van der Waals surface area contributed by atoms with Crippen LogP contribution in [0.25, 0.3) is 11.0 Å². The molecular formula is C24H19FN2O3. The summed E-state index contributed by atoms with van der Waals surface area (Å²) in [7, 11) is 0. The van der Waals surface area contributed by atoms with Crippen LogP contribution in [0.4, 0.5) is 15.8 Å². The van der Waals surface area contributed by atoms with Gasteiger partial charge < -0.3 is 15.1 Å². The number of hydrogen-bond acceptors (Lipinski definition) is 3. The first-order chi connectivity index (χ1) is 14.6. The van der Waals surface area contributed by atoms with Gasteiger partial charge in [-0.3, -0.25) is 9.59 Å². The Hall–Kier alpha value is -3.93. The van der Waals surface area contributed by atoms with Gasteiger partial charge in [0, 0.05) is 11.1 Å². The number of anilines is 2. The van der Waals surface area contributed by atoms with Crippen LogP contribution in [-0.4, -0.2) is 11.8 Å². The fourth-order valence-electron chi connectivity index (χ4n) is 3.17. The second-order valence-electron chi connectivity index (χ2n) is 6.74. The van der Waals surface area contributed by atoms with Crippen molar-refractivity contribution in [2.45, 2.75) is 13.3 Å². The van der Waals surface area contributed by atoms with E-state index in [1.165, 1.54) is 18.2 Å². The largest absolute Gasteiger partial charge is 0.449 e. The Bertz CT molecular complexity index is 1230. The Morgan fingerprint density at radius 3 is 2.30 bits per heavy atom. The summed E-state index contributed by atoms with van der Waals surface area (Å²) >= 11 is 0. The Morgan fingerprint density at radius 2 is 1.57 bits per heavy atom. The van der Waals surface area contributed by atoms with Crippen molar-refractivity contribution in [2.75, 3.05) is 10.6 Å². The summed E-state index contributed by atoms with van der Waals surface area (Å²) < 4.78 is 19.8. The van der Waals surface area contributed by atoms with Crippen LogP contribution >= 0.6 is 0 Å². The topological polar surface area (TPSA) is 71.3 Å². The fourth-order valence-corrected chi connectivity index (χ4v) is 3.17. The zero-order valence-electron chi connectivity index (χ0n) is 16.2. The molecule has 2 amide bonds.